The van der Waals surface area contributed by atoms with Crippen molar-refractivity contribution in [2.24, 2.45) is 17.6 Å². The third-order valence-electron chi connectivity index (χ3n) is 4.31. The van der Waals surface area contributed by atoms with E-state index < -0.39 is 0 Å². The average Bonchev–Trinajstić information content (AvgIpc) is 2.27. The van der Waals surface area contributed by atoms with Gasteiger partial charge in [0, 0.05) is 12.6 Å². The highest BCUT2D eigenvalue weighted by molar-refractivity contribution is 5.81. The molecule has 0 aromatic heterocycles. The van der Waals surface area contributed by atoms with Gasteiger partial charge in [0.1, 0.15) is 0 Å². The largest absolute Gasteiger partial charge is 0.338 e. The minimum absolute atomic E-state index is 0.156. The van der Waals surface area contributed by atoms with Gasteiger partial charge in [-0.2, -0.15) is 0 Å². The van der Waals surface area contributed by atoms with Crippen molar-refractivity contribution < 1.29 is 4.79 Å². The Bertz CT molecular complexity index is 263. The fourth-order valence-electron chi connectivity index (χ4n) is 3.58. The number of likely N-dealkylation sites (tertiary alicyclic amines) is 1. The van der Waals surface area contributed by atoms with Crippen LogP contribution >= 0.6 is 0 Å². The van der Waals surface area contributed by atoms with Crippen molar-refractivity contribution in [3.63, 3.8) is 0 Å². The van der Waals surface area contributed by atoms with Crippen molar-refractivity contribution >= 4 is 5.91 Å². The summed E-state index contributed by atoms with van der Waals surface area (Å²) in [6, 6.07) is 0.133. The van der Waals surface area contributed by atoms with Crippen molar-refractivity contribution in [1.82, 2.24) is 4.90 Å². The summed E-state index contributed by atoms with van der Waals surface area (Å²) in [7, 11) is 0. The SMILES string of the molecule is CC1CCCC2CCCN(C(=O)[C@H](C)N)C12. The van der Waals surface area contributed by atoms with Gasteiger partial charge in [0.15, 0.2) is 0 Å². The van der Waals surface area contributed by atoms with Crippen LogP contribution in [0.1, 0.15) is 46.0 Å². The number of nitrogens with zero attached hydrogens (tertiary/aromatic N) is 1. The lowest BCUT2D eigenvalue weighted by atomic mass is 9.73. The Hall–Kier alpha value is -0.570. The Balaban J connectivity index is 2.14. The van der Waals surface area contributed by atoms with Gasteiger partial charge in [-0.05, 0) is 44.4 Å². The van der Waals surface area contributed by atoms with Crippen molar-refractivity contribution in [3.05, 3.63) is 0 Å². The summed E-state index contributed by atoms with van der Waals surface area (Å²) in [5.41, 5.74) is 5.74. The van der Waals surface area contributed by atoms with Crippen LogP contribution in [0.15, 0.2) is 0 Å². The second-order valence-corrected chi connectivity index (χ2v) is 5.62. The quantitative estimate of drug-likeness (QED) is 0.737. The number of nitrogens with two attached hydrogens (primary N) is 1. The lowest BCUT2D eigenvalue weighted by Crippen LogP contribution is -2.56. The Kier molecular flexibility index (Phi) is 3.53. The zero-order chi connectivity index (χ0) is 11.7. The molecule has 16 heavy (non-hydrogen) atoms. The maximum atomic E-state index is 12.1. The normalized spacial score (nSPS) is 36.7. The molecule has 0 radical (unpaired) electrons. The zero-order valence-electron chi connectivity index (χ0n) is 10.5. The number of carbonyl (C=O) groups is 1. The summed E-state index contributed by atoms with van der Waals surface area (Å²) in [5, 5.41) is 0. The van der Waals surface area contributed by atoms with E-state index in [0.29, 0.717) is 12.0 Å². The van der Waals surface area contributed by atoms with E-state index in [4.69, 9.17) is 5.73 Å². The van der Waals surface area contributed by atoms with Gasteiger partial charge in [-0.1, -0.05) is 13.3 Å². The molecule has 0 bridgehead atoms. The topological polar surface area (TPSA) is 46.3 Å². The molecule has 2 fully saturated rings. The smallest absolute Gasteiger partial charge is 0.239 e. The molecule has 1 amide bonds. The molecule has 92 valence electrons. The van der Waals surface area contributed by atoms with Gasteiger partial charge in [0.2, 0.25) is 5.91 Å². The van der Waals surface area contributed by atoms with E-state index >= 15 is 0 Å². The third kappa shape index (κ3) is 2.10. The standard InChI is InChI=1S/C13H24N2O/c1-9-5-3-6-11-7-4-8-15(12(9)11)13(16)10(2)14/h9-12H,3-8,14H2,1-2H3/t9?,10-,11?,12?/m0/s1. The first-order valence-electron chi connectivity index (χ1n) is 6.67. The van der Waals surface area contributed by atoms with Gasteiger partial charge in [-0.15, -0.1) is 0 Å². The van der Waals surface area contributed by atoms with Crippen molar-refractivity contribution in [3.8, 4) is 0 Å². The minimum atomic E-state index is -0.340. The minimum Gasteiger partial charge on any atom is -0.338 e. The zero-order valence-corrected chi connectivity index (χ0v) is 10.5. The lowest BCUT2D eigenvalue weighted by Gasteiger charge is -2.48. The number of fused-ring (bicyclic) bond motifs is 1. The van der Waals surface area contributed by atoms with Gasteiger partial charge in [0.25, 0.3) is 0 Å². The summed E-state index contributed by atoms with van der Waals surface area (Å²) in [5.74, 6) is 1.55. The Morgan fingerprint density at radius 2 is 2.00 bits per heavy atom. The van der Waals surface area contributed by atoms with E-state index in [2.05, 4.69) is 11.8 Å². The molecule has 2 rings (SSSR count). The van der Waals surface area contributed by atoms with Crippen LogP contribution in [0, 0.1) is 11.8 Å². The summed E-state index contributed by atoms with van der Waals surface area (Å²) < 4.78 is 0. The maximum absolute atomic E-state index is 12.1. The molecule has 1 heterocycles. The van der Waals surface area contributed by atoms with Crippen molar-refractivity contribution in [2.45, 2.75) is 58.0 Å². The van der Waals surface area contributed by atoms with Crippen molar-refractivity contribution in [2.75, 3.05) is 6.54 Å². The van der Waals surface area contributed by atoms with Gasteiger partial charge < -0.3 is 10.6 Å². The number of hydrogen-bond acceptors (Lipinski definition) is 2. The number of hydrogen-bond donors (Lipinski definition) is 1. The summed E-state index contributed by atoms with van der Waals surface area (Å²) >= 11 is 0. The molecule has 2 N–H and O–H groups in total. The molecular weight excluding hydrogens is 200 g/mol. The molecule has 1 saturated carbocycles. The molecule has 3 unspecified atom stereocenters. The van der Waals surface area contributed by atoms with Crippen LogP contribution in [0.4, 0.5) is 0 Å². The van der Waals surface area contributed by atoms with E-state index in [-0.39, 0.29) is 11.9 Å². The number of amides is 1. The molecular formula is C13H24N2O. The molecule has 3 nitrogen and oxygen atoms in total. The molecule has 4 atom stereocenters. The third-order valence-corrected chi connectivity index (χ3v) is 4.31. The maximum Gasteiger partial charge on any atom is 0.239 e. The first-order chi connectivity index (χ1) is 7.61. The van der Waals surface area contributed by atoms with E-state index in [1.807, 2.05) is 0 Å². The molecule has 0 aromatic rings. The Morgan fingerprint density at radius 3 is 2.69 bits per heavy atom. The first kappa shape index (κ1) is 11.9. The lowest BCUT2D eigenvalue weighted by molar-refractivity contribution is -0.140. The van der Waals surface area contributed by atoms with Crippen LogP contribution < -0.4 is 5.73 Å². The molecule has 1 aliphatic carbocycles. The van der Waals surface area contributed by atoms with Gasteiger partial charge in [0.05, 0.1) is 6.04 Å². The fraction of sp³-hybridized carbons (Fsp3) is 0.923. The number of carbonyl (C=O) groups excluding carboxylic acids is 1. The van der Waals surface area contributed by atoms with E-state index in [1.54, 1.807) is 6.92 Å². The summed E-state index contributed by atoms with van der Waals surface area (Å²) in [6.07, 6.45) is 6.37. The molecule has 1 saturated heterocycles. The van der Waals surface area contributed by atoms with Crippen LogP contribution in [0.25, 0.3) is 0 Å². The first-order valence-corrected chi connectivity index (χ1v) is 6.67. The predicted molar refractivity (Wildman–Crippen MR) is 64.9 cm³/mol. The van der Waals surface area contributed by atoms with Crippen LogP contribution in [0.5, 0.6) is 0 Å². The van der Waals surface area contributed by atoms with E-state index in [0.717, 1.165) is 18.9 Å². The highest BCUT2D eigenvalue weighted by atomic mass is 16.2. The molecule has 3 heteroatoms. The summed E-state index contributed by atoms with van der Waals surface area (Å²) in [6.45, 7) is 5.02. The van der Waals surface area contributed by atoms with Crippen LogP contribution in [0.3, 0.4) is 0 Å². The Labute approximate surface area is 98.4 Å². The highest BCUT2D eigenvalue weighted by Crippen LogP contribution is 2.38. The van der Waals surface area contributed by atoms with E-state index in [9.17, 15) is 4.79 Å². The number of rotatable bonds is 1. The Morgan fingerprint density at radius 1 is 1.31 bits per heavy atom. The van der Waals surface area contributed by atoms with Gasteiger partial charge in [-0.25, -0.2) is 0 Å². The molecule has 2 aliphatic rings. The van der Waals surface area contributed by atoms with Gasteiger partial charge >= 0.3 is 0 Å². The van der Waals surface area contributed by atoms with Crippen molar-refractivity contribution in [1.29, 1.82) is 0 Å². The van der Waals surface area contributed by atoms with Crippen LogP contribution in [0.2, 0.25) is 0 Å². The number of piperidine rings is 1. The average molecular weight is 224 g/mol. The summed E-state index contributed by atoms with van der Waals surface area (Å²) in [4.78, 5) is 14.2. The van der Waals surface area contributed by atoms with Crippen LogP contribution in [-0.4, -0.2) is 29.4 Å². The monoisotopic (exact) mass is 224 g/mol. The van der Waals surface area contributed by atoms with Gasteiger partial charge in [-0.3, -0.25) is 4.79 Å². The highest BCUT2D eigenvalue weighted by Gasteiger charge is 2.39. The van der Waals surface area contributed by atoms with Crippen LogP contribution in [-0.2, 0) is 4.79 Å². The fourth-order valence-corrected chi connectivity index (χ4v) is 3.58. The molecule has 0 spiro atoms. The molecule has 0 aromatic carbocycles. The second kappa shape index (κ2) is 4.74. The second-order valence-electron chi connectivity index (χ2n) is 5.62. The molecule has 1 aliphatic heterocycles. The van der Waals surface area contributed by atoms with E-state index in [1.165, 1.54) is 25.7 Å². The predicted octanol–water partition coefficient (Wildman–Crippen LogP) is 1.76.